The summed E-state index contributed by atoms with van der Waals surface area (Å²) in [6, 6.07) is 11.5. The predicted octanol–water partition coefficient (Wildman–Crippen LogP) is 4.58. The monoisotopic (exact) mass is 638 g/mol. The second-order valence-corrected chi connectivity index (χ2v) is 12.4. The first-order chi connectivity index (χ1) is 20.2. The molecule has 1 heterocycles. The van der Waals surface area contributed by atoms with E-state index in [2.05, 4.69) is 10.6 Å². The molecule has 4 N–H and O–H groups in total. The number of aryl methyl sites for hydroxylation is 1. The second kappa shape index (κ2) is 12.8. The molecule has 0 saturated heterocycles. The Kier molecular flexibility index (Phi) is 9.57. The van der Waals surface area contributed by atoms with Gasteiger partial charge in [-0.3, -0.25) is 13.9 Å². The van der Waals surface area contributed by atoms with Crippen molar-refractivity contribution in [3.05, 3.63) is 87.9 Å². The number of amides is 2. The van der Waals surface area contributed by atoms with Crippen molar-refractivity contribution in [3.8, 4) is 5.75 Å². The van der Waals surface area contributed by atoms with Crippen LogP contribution < -0.4 is 25.4 Å². The molecular weight excluding hydrogens is 609 g/mol. The third-order valence-electron chi connectivity index (χ3n) is 6.63. The zero-order valence-corrected chi connectivity index (χ0v) is 24.8. The van der Waals surface area contributed by atoms with Crippen molar-refractivity contribution in [1.82, 2.24) is 10.6 Å². The number of benzene rings is 3. The van der Waals surface area contributed by atoms with Crippen molar-refractivity contribution in [3.63, 3.8) is 0 Å². The van der Waals surface area contributed by atoms with E-state index in [1.165, 1.54) is 30.3 Å². The molecule has 4 rings (SSSR count). The topological polar surface area (TPSA) is 131 Å². The summed E-state index contributed by atoms with van der Waals surface area (Å²) in [7, 11) is -4.03. The summed E-state index contributed by atoms with van der Waals surface area (Å²) in [5.74, 6) is -1.13. The number of anilines is 1. The summed E-state index contributed by atoms with van der Waals surface area (Å²) in [5, 5.41) is 5.08. The summed E-state index contributed by atoms with van der Waals surface area (Å²) >= 11 is 6.25. The Morgan fingerprint density at radius 3 is 2.53 bits per heavy atom. The first-order valence-corrected chi connectivity index (χ1v) is 15.0. The van der Waals surface area contributed by atoms with Crippen LogP contribution in [0.2, 0.25) is 5.02 Å². The smallest absolute Gasteiger partial charge is 0.416 e. The van der Waals surface area contributed by atoms with Gasteiger partial charge in [-0.2, -0.15) is 13.2 Å². The van der Waals surface area contributed by atoms with Crippen LogP contribution in [0.4, 0.5) is 18.9 Å². The number of sulfonamides is 1. The standard InChI is InChI=1S/C29H30ClF3N4O5S/c1-17-4-3-5-21(12-17)43(40,41)37-10-11-42-26-9-6-19(13-25(26)37)28(39)36-24(15-27(38)35-16-18(2)34)22-14-20(29(31,32)33)7-8-23(22)30/h3-9,12-14,18,24H,10-11,15-16,34H2,1-2H3,(H,35,38)(H,36,39)/t18-,24+/m1/s1. The fraction of sp³-hybridized carbons (Fsp3) is 0.310. The van der Waals surface area contributed by atoms with Crippen LogP contribution in [0.15, 0.2) is 65.6 Å². The van der Waals surface area contributed by atoms with E-state index in [0.29, 0.717) is 0 Å². The third-order valence-corrected chi connectivity index (χ3v) is 8.79. The molecule has 230 valence electrons. The molecule has 0 fully saturated rings. The number of ether oxygens (including phenoxy) is 1. The van der Waals surface area contributed by atoms with E-state index in [0.717, 1.165) is 28.1 Å². The molecular formula is C29H30ClF3N4O5S. The molecule has 9 nitrogen and oxygen atoms in total. The molecule has 1 aliphatic rings. The van der Waals surface area contributed by atoms with Gasteiger partial charge < -0.3 is 21.1 Å². The number of nitrogens with one attached hydrogen (secondary N) is 2. The molecule has 0 spiro atoms. The Morgan fingerprint density at radius 2 is 1.86 bits per heavy atom. The molecule has 1 aliphatic heterocycles. The van der Waals surface area contributed by atoms with E-state index < -0.39 is 46.0 Å². The zero-order chi connectivity index (χ0) is 31.5. The Hall–Kier alpha value is -3.81. The highest BCUT2D eigenvalue weighted by atomic mass is 35.5. The van der Waals surface area contributed by atoms with E-state index in [1.54, 1.807) is 26.0 Å². The first-order valence-electron chi connectivity index (χ1n) is 13.2. The quantitative estimate of drug-likeness (QED) is 0.315. The van der Waals surface area contributed by atoms with Gasteiger partial charge in [0.25, 0.3) is 15.9 Å². The first kappa shape index (κ1) is 32.1. The lowest BCUT2D eigenvalue weighted by Gasteiger charge is -2.31. The number of carbonyl (C=O) groups is 2. The van der Waals surface area contributed by atoms with Gasteiger partial charge in [0.2, 0.25) is 5.91 Å². The molecule has 0 aliphatic carbocycles. The summed E-state index contributed by atoms with van der Waals surface area (Å²) < 4.78 is 74.4. The number of alkyl halides is 3. The average Bonchev–Trinajstić information content (AvgIpc) is 2.94. The third kappa shape index (κ3) is 7.59. The zero-order valence-electron chi connectivity index (χ0n) is 23.2. The molecule has 0 unspecified atom stereocenters. The van der Waals surface area contributed by atoms with Crippen molar-refractivity contribution in [2.24, 2.45) is 5.73 Å². The Labute approximate surface area is 252 Å². The minimum atomic E-state index is -4.70. The number of carbonyl (C=O) groups excluding carboxylic acids is 2. The molecule has 0 saturated carbocycles. The highest BCUT2D eigenvalue weighted by Crippen LogP contribution is 2.37. The SMILES string of the molecule is Cc1cccc(S(=O)(=O)N2CCOc3ccc(C(=O)N[C@@H](CC(=O)NC[C@@H](C)N)c4cc(C(F)(F)F)ccc4Cl)cc32)c1. The van der Waals surface area contributed by atoms with E-state index in [1.807, 2.05) is 0 Å². The van der Waals surface area contributed by atoms with E-state index in [9.17, 15) is 31.2 Å². The van der Waals surface area contributed by atoms with Crippen LogP contribution in [-0.4, -0.2) is 46.0 Å². The van der Waals surface area contributed by atoms with Gasteiger partial charge in [0.15, 0.2) is 0 Å². The number of fused-ring (bicyclic) bond motifs is 1. The normalized spacial score (nSPS) is 14.7. The van der Waals surface area contributed by atoms with E-state index in [-0.39, 0.29) is 58.2 Å². The lowest BCUT2D eigenvalue weighted by atomic mass is 9.99. The maximum absolute atomic E-state index is 13.5. The van der Waals surface area contributed by atoms with Gasteiger partial charge in [-0.15, -0.1) is 0 Å². The minimum Gasteiger partial charge on any atom is -0.489 e. The lowest BCUT2D eigenvalue weighted by Crippen LogP contribution is -2.39. The van der Waals surface area contributed by atoms with Crippen LogP contribution in [0.3, 0.4) is 0 Å². The largest absolute Gasteiger partial charge is 0.489 e. The van der Waals surface area contributed by atoms with Gasteiger partial charge in [0, 0.05) is 23.2 Å². The fourth-order valence-corrected chi connectivity index (χ4v) is 6.29. The molecule has 3 aromatic rings. The van der Waals surface area contributed by atoms with Crippen molar-refractivity contribution >= 4 is 39.1 Å². The van der Waals surface area contributed by atoms with Crippen molar-refractivity contribution < 1.29 is 35.9 Å². The van der Waals surface area contributed by atoms with Crippen molar-refractivity contribution in [2.45, 2.75) is 43.4 Å². The summed E-state index contributed by atoms with van der Waals surface area (Å²) in [5.41, 5.74) is 5.40. The van der Waals surface area contributed by atoms with Gasteiger partial charge >= 0.3 is 6.18 Å². The Morgan fingerprint density at radius 1 is 1.12 bits per heavy atom. The maximum Gasteiger partial charge on any atom is 0.416 e. The maximum atomic E-state index is 13.5. The van der Waals surface area contributed by atoms with Crippen molar-refractivity contribution in [2.75, 3.05) is 24.0 Å². The molecule has 14 heteroatoms. The second-order valence-electron chi connectivity index (χ2n) is 10.2. The molecule has 3 aromatic carbocycles. The van der Waals surface area contributed by atoms with Gasteiger partial charge in [-0.25, -0.2) is 8.42 Å². The molecule has 2 amide bonds. The number of halogens is 4. The van der Waals surface area contributed by atoms with Gasteiger partial charge in [0.05, 0.1) is 35.2 Å². The van der Waals surface area contributed by atoms with E-state index >= 15 is 0 Å². The fourth-order valence-electron chi connectivity index (χ4n) is 4.49. The Bertz CT molecular complexity index is 1630. The van der Waals surface area contributed by atoms with Crippen LogP contribution in [-0.2, 0) is 21.0 Å². The van der Waals surface area contributed by atoms with Crippen LogP contribution in [0, 0.1) is 6.92 Å². The molecule has 0 radical (unpaired) electrons. The molecule has 0 bridgehead atoms. The van der Waals surface area contributed by atoms with Crippen LogP contribution in [0.5, 0.6) is 5.75 Å². The van der Waals surface area contributed by atoms with Crippen LogP contribution in [0.1, 0.15) is 46.4 Å². The minimum absolute atomic E-state index is 0.0159. The number of nitrogens with zero attached hydrogens (tertiary/aromatic N) is 1. The van der Waals surface area contributed by atoms with Crippen LogP contribution in [0.25, 0.3) is 0 Å². The number of rotatable bonds is 9. The highest BCUT2D eigenvalue weighted by Gasteiger charge is 2.34. The summed E-state index contributed by atoms with van der Waals surface area (Å²) in [6.45, 7) is 3.59. The average molecular weight is 639 g/mol. The lowest BCUT2D eigenvalue weighted by molar-refractivity contribution is -0.137. The van der Waals surface area contributed by atoms with Crippen molar-refractivity contribution in [1.29, 1.82) is 0 Å². The van der Waals surface area contributed by atoms with Gasteiger partial charge in [-0.1, -0.05) is 23.7 Å². The number of hydrogen-bond donors (Lipinski definition) is 3. The van der Waals surface area contributed by atoms with Crippen LogP contribution >= 0.6 is 11.6 Å². The molecule has 43 heavy (non-hydrogen) atoms. The van der Waals surface area contributed by atoms with Gasteiger partial charge in [-0.05, 0) is 73.5 Å². The number of nitrogens with two attached hydrogens (primary N) is 1. The summed E-state index contributed by atoms with van der Waals surface area (Å²) in [6.07, 6.45) is -5.14. The molecule has 0 aromatic heterocycles. The highest BCUT2D eigenvalue weighted by molar-refractivity contribution is 7.92. The Balaban J connectivity index is 1.68. The van der Waals surface area contributed by atoms with Gasteiger partial charge in [0.1, 0.15) is 12.4 Å². The number of hydrogen-bond acceptors (Lipinski definition) is 6. The molecule has 2 atom stereocenters. The predicted molar refractivity (Wildman–Crippen MR) is 156 cm³/mol. The van der Waals surface area contributed by atoms with E-state index in [4.69, 9.17) is 22.1 Å². The summed E-state index contributed by atoms with van der Waals surface area (Å²) in [4.78, 5) is 26.2.